The molecule has 0 aliphatic carbocycles. The second-order valence-corrected chi connectivity index (χ2v) is 7.01. The Balaban J connectivity index is 1.75. The minimum Gasteiger partial charge on any atom is -0.324 e. The molecule has 4 rings (SSSR count). The van der Waals surface area contributed by atoms with Crippen molar-refractivity contribution in [3.05, 3.63) is 80.4 Å². The van der Waals surface area contributed by atoms with E-state index in [2.05, 4.69) is 20.3 Å². The molecule has 0 bridgehead atoms. The van der Waals surface area contributed by atoms with Crippen molar-refractivity contribution >= 4 is 45.9 Å². The highest BCUT2D eigenvalue weighted by molar-refractivity contribution is 6.39. The zero-order chi connectivity index (χ0) is 19.8. The number of H-pyrrole nitrogens is 1. The summed E-state index contributed by atoms with van der Waals surface area (Å²) < 4.78 is 13.4. The SMILES string of the molecule is Cc1cc(Nc2ncc3cc(-c4c(Cl)cccc4Cl)c(=O)[nH]c3n2)ccc1F. The molecule has 140 valence electrons. The zero-order valence-electron chi connectivity index (χ0n) is 14.6. The van der Waals surface area contributed by atoms with E-state index in [9.17, 15) is 9.18 Å². The van der Waals surface area contributed by atoms with Crippen molar-refractivity contribution in [2.24, 2.45) is 0 Å². The van der Waals surface area contributed by atoms with Crippen LogP contribution in [0.4, 0.5) is 16.0 Å². The molecule has 0 fully saturated rings. The summed E-state index contributed by atoms with van der Waals surface area (Å²) in [7, 11) is 0. The normalized spacial score (nSPS) is 11.0. The van der Waals surface area contributed by atoms with Crippen LogP contribution < -0.4 is 10.9 Å². The van der Waals surface area contributed by atoms with Crippen molar-refractivity contribution in [2.75, 3.05) is 5.32 Å². The summed E-state index contributed by atoms with van der Waals surface area (Å²) in [5.74, 6) is -0.0160. The van der Waals surface area contributed by atoms with Crippen LogP contribution >= 0.6 is 23.2 Å². The summed E-state index contributed by atoms with van der Waals surface area (Å²) in [5.41, 5.74) is 1.91. The maximum absolute atomic E-state index is 13.4. The van der Waals surface area contributed by atoms with E-state index in [4.69, 9.17) is 23.2 Å². The Morgan fingerprint density at radius 2 is 1.86 bits per heavy atom. The number of halogens is 3. The number of aromatic nitrogens is 3. The summed E-state index contributed by atoms with van der Waals surface area (Å²) in [6, 6.07) is 11.3. The van der Waals surface area contributed by atoms with Gasteiger partial charge in [-0.15, -0.1) is 0 Å². The Hall–Kier alpha value is -2.96. The molecular weight excluding hydrogens is 402 g/mol. The molecule has 4 aromatic rings. The lowest BCUT2D eigenvalue weighted by atomic mass is 10.1. The van der Waals surface area contributed by atoms with Crippen LogP contribution in [0.25, 0.3) is 22.2 Å². The largest absolute Gasteiger partial charge is 0.324 e. The fraction of sp³-hybridized carbons (Fsp3) is 0.0500. The van der Waals surface area contributed by atoms with Crippen LogP contribution in [-0.4, -0.2) is 15.0 Å². The fourth-order valence-corrected chi connectivity index (χ4v) is 3.45. The summed E-state index contributed by atoms with van der Waals surface area (Å²) in [5, 5.41) is 4.37. The first-order valence-electron chi connectivity index (χ1n) is 8.30. The van der Waals surface area contributed by atoms with Crippen LogP contribution in [0.1, 0.15) is 5.56 Å². The molecule has 0 spiro atoms. The molecule has 0 amide bonds. The van der Waals surface area contributed by atoms with Gasteiger partial charge in [0.15, 0.2) is 0 Å². The van der Waals surface area contributed by atoms with Gasteiger partial charge in [-0.3, -0.25) is 4.79 Å². The van der Waals surface area contributed by atoms with E-state index in [0.29, 0.717) is 43.5 Å². The number of rotatable bonds is 3. The molecule has 8 heteroatoms. The highest BCUT2D eigenvalue weighted by Gasteiger charge is 2.14. The number of benzene rings is 2. The zero-order valence-corrected chi connectivity index (χ0v) is 16.1. The van der Waals surface area contributed by atoms with E-state index < -0.39 is 0 Å². The molecule has 2 aromatic carbocycles. The summed E-state index contributed by atoms with van der Waals surface area (Å²) in [4.78, 5) is 23.9. The van der Waals surface area contributed by atoms with Gasteiger partial charge in [0.05, 0.1) is 15.6 Å². The predicted molar refractivity (Wildman–Crippen MR) is 110 cm³/mol. The number of aromatic amines is 1. The third kappa shape index (κ3) is 3.44. The average Bonchev–Trinajstić information content (AvgIpc) is 2.65. The molecule has 28 heavy (non-hydrogen) atoms. The lowest BCUT2D eigenvalue weighted by Crippen LogP contribution is -2.11. The first-order chi connectivity index (χ1) is 13.4. The van der Waals surface area contributed by atoms with Crippen LogP contribution in [0.15, 0.2) is 53.5 Å². The first kappa shape index (κ1) is 18.4. The minimum atomic E-state index is -0.371. The van der Waals surface area contributed by atoms with Gasteiger partial charge in [-0.2, -0.15) is 4.98 Å². The number of pyridine rings is 1. The Bertz CT molecular complexity index is 1250. The molecule has 2 aromatic heterocycles. The van der Waals surface area contributed by atoms with Crippen LogP contribution in [0.2, 0.25) is 10.0 Å². The second-order valence-electron chi connectivity index (χ2n) is 6.20. The molecule has 0 saturated heterocycles. The van der Waals surface area contributed by atoms with Crippen LogP contribution in [0.3, 0.4) is 0 Å². The van der Waals surface area contributed by atoms with Crippen molar-refractivity contribution in [1.82, 2.24) is 15.0 Å². The Morgan fingerprint density at radius 1 is 1.11 bits per heavy atom. The van der Waals surface area contributed by atoms with Crippen LogP contribution in [-0.2, 0) is 0 Å². The molecule has 0 aliphatic heterocycles. The van der Waals surface area contributed by atoms with Crippen LogP contribution in [0.5, 0.6) is 0 Å². The number of aryl methyl sites for hydroxylation is 1. The predicted octanol–water partition coefficient (Wildman–Crippen LogP) is 5.48. The quantitative estimate of drug-likeness (QED) is 0.465. The number of hydrogen-bond acceptors (Lipinski definition) is 4. The molecule has 0 radical (unpaired) electrons. The van der Waals surface area contributed by atoms with E-state index >= 15 is 0 Å². The topological polar surface area (TPSA) is 70.7 Å². The number of hydrogen-bond donors (Lipinski definition) is 2. The molecule has 2 N–H and O–H groups in total. The van der Waals surface area contributed by atoms with Crippen molar-refractivity contribution in [3.8, 4) is 11.1 Å². The van der Waals surface area contributed by atoms with Gasteiger partial charge in [-0.25, -0.2) is 9.37 Å². The van der Waals surface area contributed by atoms with Gasteiger partial charge < -0.3 is 10.3 Å². The maximum atomic E-state index is 13.4. The smallest absolute Gasteiger partial charge is 0.257 e. The standard InChI is InChI=1S/C20H13Cl2FN4O/c1-10-7-12(5-6-16(10)23)25-20-24-9-11-8-13(19(28)26-18(11)27-20)17-14(21)3-2-4-15(17)22/h2-9H,1H3,(H2,24,25,26,27,28). The number of nitrogens with one attached hydrogen (secondary N) is 2. The highest BCUT2D eigenvalue weighted by Crippen LogP contribution is 2.33. The van der Waals surface area contributed by atoms with Crippen molar-refractivity contribution in [3.63, 3.8) is 0 Å². The van der Waals surface area contributed by atoms with Crippen molar-refractivity contribution < 1.29 is 4.39 Å². The van der Waals surface area contributed by atoms with Crippen molar-refractivity contribution in [2.45, 2.75) is 6.92 Å². The van der Waals surface area contributed by atoms with E-state index in [1.807, 2.05) is 0 Å². The first-order valence-corrected chi connectivity index (χ1v) is 9.05. The van der Waals surface area contributed by atoms with Gasteiger partial charge >= 0.3 is 0 Å². The maximum Gasteiger partial charge on any atom is 0.257 e. The number of anilines is 2. The Labute approximate surface area is 169 Å². The molecule has 0 saturated carbocycles. The second kappa shape index (κ2) is 7.22. The minimum absolute atomic E-state index is 0.276. The van der Waals surface area contributed by atoms with E-state index in [1.54, 1.807) is 49.5 Å². The number of nitrogens with zero attached hydrogens (tertiary/aromatic N) is 2. The Morgan fingerprint density at radius 3 is 2.57 bits per heavy atom. The summed E-state index contributed by atoms with van der Waals surface area (Å²) in [6.07, 6.45) is 1.57. The summed E-state index contributed by atoms with van der Waals surface area (Å²) >= 11 is 12.4. The van der Waals surface area contributed by atoms with Gasteiger partial charge in [-0.05, 0) is 48.9 Å². The molecule has 0 unspecified atom stereocenters. The third-order valence-corrected chi connectivity index (χ3v) is 4.87. The van der Waals surface area contributed by atoms with E-state index in [-0.39, 0.29) is 17.3 Å². The van der Waals surface area contributed by atoms with E-state index in [1.165, 1.54) is 6.07 Å². The average molecular weight is 415 g/mol. The molecular formula is C20H13Cl2FN4O. The molecule has 5 nitrogen and oxygen atoms in total. The summed E-state index contributed by atoms with van der Waals surface area (Å²) in [6.45, 7) is 1.67. The highest BCUT2D eigenvalue weighted by atomic mass is 35.5. The van der Waals surface area contributed by atoms with Crippen molar-refractivity contribution in [1.29, 1.82) is 0 Å². The molecule has 0 atom stereocenters. The third-order valence-electron chi connectivity index (χ3n) is 4.24. The van der Waals surface area contributed by atoms with Gasteiger partial charge in [0.1, 0.15) is 11.5 Å². The lowest BCUT2D eigenvalue weighted by molar-refractivity contribution is 0.619. The van der Waals surface area contributed by atoms with Crippen LogP contribution in [0, 0.1) is 12.7 Å². The fourth-order valence-electron chi connectivity index (χ4n) is 2.85. The van der Waals surface area contributed by atoms with Gasteiger partial charge in [0.25, 0.3) is 5.56 Å². The lowest BCUT2D eigenvalue weighted by Gasteiger charge is -2.09. The van der Waals surface area contributed by atoms with Gasteiger partial charge in [-0.1, -0.05) is 29.3 Å². The van der Waals surface area contributed by atoms with Gasteiger partial charge in [0, 0.05) is 22.8 Å². The molecule has 0 aliphatic rings. The molecule has 2 heterocycles. The number of fused-ring (bicyclic) bond motifs is 1. The van der Waals surface area contributed by atoms with E-state index in [0.717, 1.165) is 0 Å². The Kier molecular flexibility index (Phi) is 4.75. The van der Waals surface area contributed by atoms with Gasteiger partial charge in [0.2, 0.25) is 5.95 Å². The monoisotopic (exact) mass is 414 g/mol.